The summed E-state index contributed by atoms with van der Waals surface area (Å²) in [5.74, 6) is 0.885. The van der Waals surface area contributed by atoms with Crippen LogP contribution >= 0.6 is 0 Å². The molecule has 0 saturated heterocycles. The van der Waals surface area contributed by atoms with E-state index in [2.05, 4.69) is 91.4 Å². The third kappa shape index (κ3) is 8.33. The number of likely N-dealkylation sites (N-methyl/N-ethyl adjacent to an activating group) is 1. The minimum atomic E-state index is 0.539. The van der Waals surface area contributed by atoms with Gasteiger partial charge in [-0.15, -0.1) is 0 Å². The minimum Gasteiger partial charge on any atom is -0.488 e. The molecule has 1 aliphatic heterocycles. The van der Waals surface area contributed by atoms with Gasteiger partial charge in [0.1, 0.15) is 12.4 Å². The van der Waals surface area contributed by atoms with E-state index in [4.69, 9.17) is 4.74 Å². The number of rotatable bonds is 3. The standard InChI is InChI=1S/C27H25NO.3C2H6/c1-21-11-6-5-9-20-29-27-25(21)14-10-15-26(27)22-16-18-24(19-17-22)28(2)23-12-7-3-4-8-13-23;3*1-2/h3-7,9-19H,1,8,20H2,2H3;3*1-2H3/b9-5-,11-6-;;;. The summed E-state index contributed by atoms with van der Waals surface area (Å²) in [5, 5.41) is 0. The predicted octanol–water partition coefficient (Wildman–Crippen LogP) is 9.79. The summed E-state index contributed by atoms with van der Waals surface area (Å²) in [5.41, 5.74) is 6.54. The summed E-state index contributed by atoms with van der Waals surface area (Å²) in [6, 6.07) is 14.9. The highest BCUT2D eigenvalue weighted by molar-refractivity contribution is 5.84. The Kier molecular flexibility index (Phi) is 14.3. The van der Waals surface area contributed by atoms with Gasteiger partial charge in [0.15, 0.2) is 0 Å². The van der Waals surface area contributed by atoms with Gasteiger partial charge >= 0.3 is 0 Å². The number of benzene rings is 2. The Morgan fingerprint density at radius 2 is 1.37 bits per heavy atom. The first kappa shape index (κ1) is 29.5. The number of ether oxygens (including phenoxy) is 1. The molecule has 0 aromatic heterocycles. The average molecular weight is 470 g/mol. The highest BCUT2D eigenvalue weighted by Crippen LogP contribution is 2.38. The van der Waals surface area contributed by atoms with E-state index in [9.17, 15) is 0 Å². The summed E-state index contributed by atoms with van der Waals surface area (Å²) >= 11 is 0. The van der Waals surface area contributed by atoms with E-state index in [1.807, 2.05) is 65.8 Å². The van der Waals surface area contributed by atoms with E-state index < -0.39 is 0 Å². The first-order valence-electron chi connectivity index (χ1n) is 12.9. The highest BCUT2D eigenvalue weighted by atomic mass is 16.5. The second-order valence-electron chi connectivity index (χ2n) is 7.06. The van der Waals surface area contributed by atoms with Crippen LogP contribution in [0.5, 0.6) is 5.75 Å². The van der Waals surface area contributed by atoms with Gasteiger partial charge in [0, 0.05) is 29.6 Å². The molecule has 35 heavy (non-hydrogen) atoms. The molecule has 0 fully saturated rings. The molecule has 1 aliphatic carbocycles. The van der Waals surface area contributed by atoms with E-state index in [1.54, 1.807) is 0 Å². The number of nitrogens with zero attached hydrogens (tertiary/aromatic N) is 1. The molecule has 0 unspecified atom stereocenters. The van der Waals surface area contributed by atoms with E-state index in [0.29, 0.717) is 6.61 Å². The lowest BCUT2D eigenvalue weighted by Crippen LogP contribution is -2.14. The number of para-hydroxylation sites is 1. The van der Waals surface area contributed by atoms with Crippen molar-refractivity contribution in [3.05, 3.63) is 115 Å². The number of anilines is 1. The van der Waals surface area contributed by atoms with Crippen molar-refractivity contribution in [1.29, 1.82) is 0 Å². The topological polar surface area (TPSA) is 12.5 Å². The quantitative estimate of drug-likeness (QED) is 0.443. The molecule has 4 rings (SSSR count). The molecular weight excluding hydrogens is 426 g/mol. The van der Waals surface area contributed by atoms with Crippen LogP contribution in [0.3, 0.4) is 0 Å². The van der Waals surface area contributed by atoms with Crippen LogP contribution in [0.25, 0.3) is 16.7 Å². The lowest BCUT2D eigenvalue weighted by Gasteiger charge is -2.21. The molecule has 2 aromatic rings. The van der Waals surface area contributed by atoms with Gasteiger partial charge in [-0.3, -0.25) is 0 Å². The van der Waals surface area contributed by atoms with Crippen LogP contribution in [0.4, 0.5) is 5.69 Å². The molecule has 0 amide bonds. The Morgan fingerprint density at radius 1 is 0.743 bits per heavy atom. The second-order valence-corrected chi connectivity index (χ2v) is 7.06. The summed E-state index contributed by atoms with van der Waals surface area (Å²) in [4.78, 5) is 2.21. The van der Waals surface area contributed by atoms with Crippen molar-refractivity contribution in [1.82, 2.24) is 0 Å². The molecule has 2 aliphatic rings. The molecule has 186 valence electrons. The number of hydrogen-bond donors (Lipinski definition) is 0. The molecule has 2 nitrogen and oxygen atoms in total. The summed E-state index contributed by atoms with van der Waals surface area (Å²) < 4.78 is 6.13. The Balaban J connectivity index is 0.000000949. The molecule has 0 bridgehead atoms. The molecule has 0 atom stereocenters. The maximum absolute atomic E-state index is 6.13. The van der Waals surface area contributed by atoms with Crippen LogP contribution in [-0.4, -0.2) is 13.7 Å². The Morgan fingerprint density at radius 3 is 2.09 bits per heavy atom. The third-order valence-corrected chi connectivity index (χ3v) is 5.16. The van der Waals surface area contributed by atoms with Crippen LogP contribution in [0.15, 0.2) is 109 Å². The Hall–Kier alpha value is -3.52. The predicted molar refractivity (Wildman–Crippen MR) is 158 cm³/mol. The maximum atomic E-state index is 6.13. The first-order valence-corrected chi connectivity index (χ1v) is 12.9. The Bertz CT molecular complexity index is 1050. The van der Waals surface area contributed by atoms with Crippen molar-refractivity contribution >= 4 is 11.3 Å². The van der Waals surface area contributed by atoms with E-state index in [-0.39, 0.29) is 0 Å². The van der Waals surface area contributed by atoms with Gasteiger partial charge in [-0.2, -0.15) is 0 Å². The first-order chi connectivity index (χ1) is 17.2. The van der Waals surface area contributed by atoms with E-state index in [0.717, 1.165) is 40.1 Å². The van der Waals surface area contributed by atoms with Crippen LogP contribution in [-0.2, 0) is 0 Å². The van der Waals surface area contributed by atoms with Gasteiger partial charge in [-0.05, 0) is 41.8 Å². The van der Waals surface area contributed by atoms with Crippen molar-refractivity contribution < 1.29 is 4.74 Å². The van der Waals surface area contributed by atoms with Crippen molar-refractivity contribution in [3.8, 4) is 16.9 Å². The van der Waals surface area contributed by atoms with Crippen LogP contribution in [0.2, 0.25) is 0 Å². The van der Waals surface area contributed by atoms with Gasteiger partial charge < -0.3 is 9.64 Å². The average Bonchev–Trinajstić information content (AvgIpc) is 3.18. The molecule has 1 heterocycles. The molecular formula is C33H43NO. The van der Waals surface area contributed by atoms with Crippen molar-refractivity contribution in [2.45, 2.75) is 48.0 Å². The smallest absolute Gasteiger partial charge is 0.135 e. The van der Waals surface area contributed by atoms with Gasteiger partial charge in [0.25, 0.3) is 0 Å². The zero-order valence-electron chi connectivity index (χ0n) is 22.7. The number of hydrogen-bond acceptors (Lipinski definition) is 2. The fourth-order valence-corrected chi connectivity index (χ4v) is 3.53. The van der Waals surface area contributed by atoms with E-state index in [1.165, 1.54) is 5.70 Å². The lowest BCUT2D eigenvalue weighted by atomic mass is 9.97. The zero-order valence-corrected chi connectivity index (χ0v) is 22.7. The second kappa shape index (κ2) is 17.0. The highest BCUT2D eigenvalue weighted by Gasteiger charge is 2.14. The number of fused-ring (bicyclic) bond motifs is 1. The van der Waals surface area contributed by atoms with Crippen molar-refractivity contribution in [3.63, 3.8) is 0 Å². The molecule has 0 N–H and O–H groups in total. The van der Waals surface area contributed by atoms with Crippen molar-refractivity contribution in [2.24, 2.45) is 0 Å². The fourth-order valence-electron chi connectivity index (χ4n) is 3.53. The third-order valence-electron chi connectivity index (χ3n) is 5.16. The largest absolute Gasteiger partial charge is 0.488 e. The molecule has 0 spiro atoms. The van der Waals surface area contributed by atoms with Crippen molar-refractivity contribution in [2.75, 3.05) is 18.6 Å². The Labute approximate surface area is 214 Å². The van der Waals surface area contributed by atoms with Gasteiger partial charge in [-0.1, -0.05) is 121 Å². The SMILES string of the molecule is C=C1/C=C\C=C/COc2c1cccc2-c1ccc(N(C)C2=CCC=CC=C2)cc1.CC.CC.CC. The van der Waals surface area contributed by atoms with Gasteiger partial charge in [0.05, 0.1) is 0 Å². The molecule has 0 saturated carbocycles. The van der Waals surface area contributed by atoms with Gasteiger partial charge in [0.2, 0.25) is 0 Å². The zero-order chi connectivity index (χ0) is 26.1. The number of allylic oxidation sites excluding steroid dienone is 9. The molecule has 2 aromatic carbocycles. The van der Waals surface area contributed by atoms with Crippen LogP contribution in [0.1, 0.15) is 53.5 Å². The maximum Gasteiger partial charge on any atom is 0.135 e. The summed E-state index contributed by atoms with van der Waals surface area (Å²) in [7, 11) is 2.10. The fraction of sp³-hybridized carbons (Fsp3) is 0.273. The minimum absolute atomic E-state index is 0.539. The van der Waals surface area contributed by atoms with E-state index >= 15 is 0 Å². The monoisotopic (exact) mass is 469 g/mol. The van der Waals surface area contributed by atoms with Crippen LogP contribution in [0, 0.1) is 0 Å². The lowest BCUT2D eigenvalue weighted by molar-refractivity contribution is 0.363. The molecule has 0 radical (unpaired) electrons. The normalized spacial score (nSPS) is 15.2. The summed E-state index contributed by atoms with van der Waals surface area (Å²) in [6.45, 7) is 16.7. The molecule has 2 heteroatoms. The van der Waals surface area contributed by atoms with Gasteiger partial charge in [-0.25, -0.2) is 0 Å². The van der Waals surface area contributed by atoms with Crippen LogP contribution < -0.4 is 9.64 Å². The summed E-state index contributed by atoms with van der Waals surface area (Å²) in [6.07, 6.45) is 19.7.